The second-order valence-corrected chi connectivity index (χ2v) is 6.89. The molecule has 0 unspecified atom stereocenters. The van der Waals surface area contributed by atoms with E-state index in [1.54, 1.807) is 23.1 Å². The van der Waals surface area contributed by atoms with Crippen LogP contribution in [0.4, 0.5) is 0 Å². The molecule has 0 aliphatic rings. The minimum Gasteiger partial charge on any atom is -0.294 e. The number of nitrogens with zero attached hydrogens (tertiary/aromatic N) is 2. The lowest BCUT2D eigenvalue weighted by Crippen LogP contribution is -2.07. The first-order chi connectivity index (χ1) is 7.99. The average molecular weight is 381 g/mol. The molecule has 0 radical (unpaired) electrons. The summed E-state index contributed by atoms with van der Waals surface area (Å²) in [6, 6.07) is 1.89. The van der Waals surface area contributed by atoms with Crippen molar-refractivity contribution in [2.75, 3.05) is 0 Å². The molecule has 6 heteroatoms. The summed E-state index contributed by atoms with van der Waals surface area (Å²) >= 11 is 9.89. The van der Waals surface area contributed by atoms with Gasteiger partial charge in [0.25, 0.3) is 0 Å². The Labute approximate surface area is 122 Å². The largest absolute Gasteiger partial charge is 0.294 e. The number of aryl methyl sites for hydroxylation is 2. The van der Waals surface area contributed by atoms with E-state index in [-0.39, 0.29) is 5.78 Å². The Kier molecular flexibility index (Phi) is 3.89. The molecule has 2 aromatic heterocycles. The van der Waals surface area contributed by atoms with Crippen LogP contribution in [-0.4, -0.2) is 15.6 Å². The van der Waals surface area contributed by atoms with Gasteiger partial charge in [-0.3, -0.25) is 9.48 Å². The summed E-state index contributed by atoms with van der Waals surface area (Å²) < 4.78 is 2.78. The molecule has 17 heavy (non-hydrogen) atoms. The lowest BCUT2D eigenvalue weighted by Gasteiger charge is -2.00. The molecule has 2 rings (SSSR count). The first-order valence-electron chi connectivity index (χ1n) is 4.94. The van der Waals surface area contributed by atoms with Crippen LogP contribution in [0.25, 0.3) is 0 Å². The molecule has 0 fully saturated rings. The molecule has 2 aromatic rings. The number of carbonyl (C=O) groups excluding carboxylic acids is 1. The Morgan fingerprint density at radius 2 is 2.35 bits per heavy atom. The molecule has 0 bridgehead atoms. The summed E-state index contributed by atoms with van der Waals surface area (Å²) in [6.45, 7) is 1.84. The fourth-order valence-corrected chi connectivity index (χ4v) is 3.16. The van der Waals surface area contributed by atoms with Gasteiger partial charge in [-0.2, -0.15) is 5.10 Å². The Morgan fingerprint density at radius 3 is 2.82 bits per heavy atom. The van der Waals surface area contributed by atoms with Gasteiger partial charge in [-0.1, -0.05) is 11.6 Å². The van der Waals surface area contributed by atoms with Gasteiger partial charge in [0.15, 0.2) is 5.78 Å². The Hall–Kier alpha value is -0.400. The third-order valence-corrected chi connectivity index (χ3v) is 4.76. The normalized spacial score (nSPS) is 10.8. The van der Waals surface area contributed by atoms with E-state index in [1.807, 2.05) is 18.4 Å². The third-order valence-electron chi connectivity index (χ3n) is 2.48. The van der Waals surface area contributed by atoms with Crippen LogP contribution in [-0.2, 0) is 13.5 Å². The van der Waals surface area contributed by atoms with E-state index < -0.39 is 0 Å². The van der Waals surface area contributed by atoms with E-state index in [9.17, 15) is 4.79 Å². The van der Waals surface area contributed by atoms with Gasteiger partial charge >= 0.3 is 0 Å². The van der Waals surface area contributed by atoms with Gasteiger partial charge in [-0.15, -0.1) is 11.3 Å². The smallest absolute Gasteiger partial charge is 0.169 e. The highest BCUT2D eigenvalue weighted by atomic mass is 127. The number of rotatable bonds is 3. The molecule has 0 aliphatic heterocycles. The summed E-state index contributed by atoms with van der Waals surface area (Å²) in [5.41, 5.74) is 2.28. The minimum atomic E-state index is 0.0778. The van der Waals surface area contributed by atoms with Crippen molar-refractivity contribution in [3.63, 3.8) is 0 Å². The zero-order valence-electron chi connectivity index (χ0n) is 9.33. The van der Waals surface area contributed by atoms with Gasteiger partial charge in [0, 0.05) is 18.0 Å². The zero-order valence-corrected chi connectivity index (χ0v) is 13.1. The van der Waals surface area contributed by atoms with Gasteiger partial charge in [0.05, 0.1) is 25.7 Å². The molecule has 0 saturated heterocycles. The summed E-state index contributed by atoms with van der Waals surface area (Å²) in [4.78, 5) is 12.0. The van der Waals surface area contributed by atoms with Crippen molar-refractivity contribution >= 4 is 51.3 Å². The lowest BCUT2D eigenvalue weighted by atomic mass is 10.1. The number of Topliss-reactive ketones (excluding diaryl/α,β-unsaturated/α-hetero) is 1. The second kappa shape index (κ2) is 5.07. The van der Waals surface area contributed by atoms with Crippen molar-refractivity contribution in [1.82, 2.24) is 9.78 Å². The van der Waals surface area contributed by atoms with Crippen molar-refractivity contribution in [3.05, 3.63) is 36.3 Å². The minimum absolute atomic E-state index is 0.0778. The van der Waals surface area contributed by atoms with Crippen LogP contribution >= 0.6 is 45.5 Å². The topological polar surface area (TPSA) is 34.9 Å². The SMILES string of the molecule is Cc1nn(C)c(CC(=O)c2csc(I)c2)c1Cl. The molecule has 0 aromatic carbocycles. The third kappa shape index (κ3) is 2.71. The zero-order chi connectivity index (χ0) is 12.6. The molecule has 0 saturated carbocycles. The van der Waals surface area contributed by atoms with E-state index in [2.05, 4.69) is 27.7 Å². The Bertz CT molecular complexity index is 576. The highest BCUT2D eigenvalue weighted by Crippen LogP contribution is 2.23. The van der Waals surface area contributed by atoms with E-state index >= 15 is 0 Å². The number of carbonyl (C=O) groups is 1. The maximum Gasteiger partial charge on any atom is 0.169 e. The van der Waals surface area contributed by atoms with Gasteiger partial charge in [-0.05, 0) is 35.6 Å². The van der Waals surface area contributed by atoms with Crippen molar-refractivity contribution in [2.24, 2.45) is 7.05 Å². The Morgan fingerprint density at radius 1 is 1.65 bits per heavy atom. The molecule has 90 valence electrons. The standard InChI is InChI=1S/C11H10ClIN2OS/c1-6-11(12)8(15(2)14-6)4-9(16)7-3-10(13)17-5-7/h3,5H,4H2,1-2H3. The second-order valence-electron chi connectivity index (χ2n) is 3.71. The van der Waals surface area contributed by atoms with E-state index in [0.29, 0.717) is 11.4 Å². The van der Waals surface area contributed by atoms with Gasteiger partial charge in [0.1, 0.15) is 0 Å². The van der Waals surface area contributed by atoms with Gasteiger partial charge in [0.2, 0.25) is 0 Å². The van der Waals surface area contributed by atoms with Crippen molar-refractivity contribution in [1.29, 1.82) is 0 Å². The van der Waals surface area contributed by atoms with Crippen LogP contribution in [0.1, 0.15) is 21.7 Å². The molecule has 0 spiro atoms. The molecule has 0 atom stereocenters. The number of thiophene rings is 1. The molecule has 2 heterocycles. The van der Waals surface area contributed by atoms with Crippen molar-refractivity contribution in [3.8, 4) is 0 Å². The highest BCUT2D eigenvalue weighted by molar-refractivity contribution is 14.1. The Balaban J connectivity index is 2.24. The maximum atomic E-state index is 12.0. The van der Waals surface area contributed by atoms with Crippen LogP contribution in [0.15, 0.2) is 11.4 Å². The molecule has 0 amide bonds. The van der Waals surface area contributed by atoms with Crippen molar-refractivity contribution < 1.29 is 4.79 Å². The number of aromatic nitrogens is 2. The fourth-order valence-electron chi connectivity index (χ4n) is 1.58. The van der Waals surface area contributed by atoms with Crippen LogP contribution in [0.2, 0.25) is 5.02 Å². The summed E-state index contributed by atoms with van der Waals surface area (Å²) in [7, 11) is 1.80. The number of hydrogen-bond acceptors (Lipinski definition) is 3. The van der Waals surface area contributed by atoms with Crippen molar-refractivity contribution in [2.45, 2.75) is 13.3 Å². The predicted octanol–water partition coefficient (Wildman–Crippen LogP) is 3.47. The lowest BCUT2D eigenvalue weighted by molar-refractivity contribution is 0.0991. The predicted molar refractivity (Wildman–Crippen MR) is 78.0 cm³/mol. The number of ketones is 1. The quantitative estimate of drug-likeness (QED) is 0.604. The first kappa shape index (κ1) is 13.0. The highest BCUT2D eigenvalue weighted by Gasteiger charge is 2.16. The van der Waals surface area contributed by atoms with Crippen LogP contribution < -0.4 is 0 Å². The average Bonchev–Trinajstić information content (AvgIpc) is 2.79. The van der Waals surface area contributed by atoms with Gasteiger partial charge < -0.3 is 0 Å². The first-order valence-corrected chi connectivity index (χ1v) is 7.28. The number of hydrogen-bond donors (Lipinski definition) is 0. The molecular weight excluding hydrogens is 371 g/mol. The summed E-state index contributed by atoms with van der Waals surface area (Å²) in [5.74, 6) is 0.0778. The molecular formula is C11H10ClIN2OS. The maximum absolute atomic E-state index is 12.0. The van der Waals surface area contributed by atoms with E-state index in [1.165, 1.54) is 0 Å². The van der Waals surface area contributed by atoms with E-state index in [4.69, 9.17) is 11.6 Å². The molecule has 3 nitrogen and oxygen atoms in total. The number of halogens is 2. The van der Waals surface area contributed by atoms with E-state index in [0.717, 1.165) is 19.8 Å². The molecule has 0 aliphatic carbocycles. The summed E-state index contributed by atoms with van der Waals surface area (Å²) in [6.07, 6.45) is 0.295. The van der Waals surface area contributed by atoms with Crippen LogP contribution in [0, 0.1) is 9.81 Å². The van der Waals surface area contributed by atoms with Gasteiger partial charge in [-0.25, -0.2) is 0 Å². The van der Waals surface area contributed by atoms with Crippen LogP contribution in [0.5, 0.6) is 0 Å². The molecule has 0 N–H and O–H groups in total. The summed E-state index contributed by atoms with van der Waals surface area (Å²) in [5, 5.41) is 6.66. The van der Waals surface area contributed by atoms with Crippen LogP contribution in [0.3, 0.4) is 0 Å². The fraction of sp³-hybridized carbons (Fsp3) is 0.273. The monoisotopic (exact) mass is 380 g/mol.